The number of benzene rings is 8. The van der Waals surface area contributed by atoms with Crippen LogP contribution in [0.15, 0.2) is 168 Å². The van der Waals surface area contributed by atoms with E-state index in [9.17, 15) is 0 Å². The molecule has 0 N–H and O–H groups in total. The van der Waals surface area contributed by atoms with E-state index in [1.165, 1.54) is 58.8 Å². The zero-order valence-electron chi connectivity index (χ0n) is 28.9. The lowest BCUT2D eigenvalue weighted by Gasteiger charge is -2.28. The number of para-hydroxylation sites is 1. The number of anilines is 3. The first kappa shape index (κ1) is 29.6. The number of rotatable bonds is 4. The van der Waals surface area contributed by atoms with Crippen LogP contribution in [0, 0.1) is 0 Å². The summed E-state index contributed by atoms with van der Waals surface area (Å²) in [5.41, 5.74) is 12.8. The molecule has 0 amide bonds. The molecule has 0 unspecified atom stereocenters. The van der Waals surface area contributed by atoms with Crippen molar-refractivity contribution in [1.82, 2.24) is 0 Å². The summed E-state index contributed by atoms with van der Waals surface area (Å²) in [5, 5.41) is 7.26. The number of fused-ring (bicyclic) bond motifs is 10. The molecule has 1 aliphatic carbocycles. The van der Waals surface area contributed by atoms with Gasteiger partial charge in [0.05, 0.1) is 0 Å². The van der Waals surface area contributed by atoms with Gasteiger partial charge in [0.2, 0.25) is 0 Å². The predicted molar refractivity (Wildman–Crippen MR) is 222 cm³/mol. The molecule has 52 heavy (non-hydrogen) atoms. The Morgan fingerprint density at radius 1 is 0.481 bits per heavy atom. The van der Waals surface area contributed by atoms with Crippen LogP contribution in [-0.2, 0) is 5.41 Å². The van der Waals surface area contributed by atoms with Crippen molar-refractivity contribution in [3.8, 4) is 22.3 Å². The van der Waals surface area contributed by atoms with Crippen LogP contribution in [0.4, 0.5) is 17.1 Å². The Hall–Kier alpha value is -6.16. The summed E-state index contributed by atoms with van der Waals surface area (Å²) < 4.78 is 9.65. The van der Waals surface area contributed by atoms with Crippen molar-refractivity contribution in [3.05, 3.63) is 175 Å². The average Bonchev–Trinajstić information content (AvgIpc) is 3.82. The quantitative estimate of drug-likeness (QED) is 0.184. The number of thiophene rings is 1. The van der Waals surface area contributed by atoms with Crippen LogP contribution >= 0.6 is 11.3 Å². The van der Waals surface area contributed by atoms with Gasteiger partial charge in [0.15, 0.2) is 0 Å². The van der Waals surface area contributed by atoms with Crippen LogP contribution in [0.2, 0.25) is 0 Å². The van der Waals surface area contributed by atoms with E-state index in [-0.39, 0.29) is 5.41 Å². The second-order valence-corrected chi connectivity index (χ2v) is 15.5. The van der Waals surface area contributed by atoms with E-state index in [2.05, 4.69) is 183 Å². The molecule has 10 aromatic rings. The Balaban J connectivity index is 1.14. The first-order chi connectivity index (χ1) is 25.5. The summed E-state index contributed by atoms with van der Waals surface area (Å²) >= 11 is 1.86. The average molecular weight is 684 g/mol. The zero-order chi connectivity index (χ0) is 34.6. The van der Waals surface area contributed by atoms with Gasteiger partial charge in [-0.3, -0.25) is 0 Å². The molecule has 8 aromatic carbocycles. The first-order valence-electron chi connectivity index (χ1n) is 17.9. The summed E-state index contributed by atoms with van der Waals surface area (Å²) in [7, 11) is 0. The van der Waals surface area contributed by atoms with E-state index < -0.39 is 0 Å². The standard InChI is InChI=1S/C49H33NOS/c1-49(2)42-21-10-8-17-35(42)36-25-23-32(28-43(36)49)50(31-14-4-3-5-15-31)33-24-26-37-41-27-30-13-6-7-16-34(30)46(47(41)51-44(37)29-33)40-20-12-19-39-38-18-9-11-22-45(38)52-48(39)40/h3-29H,1-2H3. The molecule has 0 spiro atoms. The Labute approximate surface area is 305 Å². The third-order valence-corrected chi connectivity index (χ3v) is 12.5. The van der Waals surface area contributed by atoms with Crippen molar-refractivity contribution < 1.29 is 4.42 Å². The van der Waals surface area contributed by atoms with Crippen molar-refractivity contribution in [2.75, 3.05) is 4.90 Å². The van der Waals surface area contributed by atoms with Crippen molar-refractivity contribution in [1.29, 1.82) is 0 Å². The highest BCUT2D eigenvalue weighted by Crippen LogP contribution is 2.51. The molecule has 0 aliphatic heterocycles. The number of hydrogen-bond donors (Lipinski definition) is 0. The number of nitrogens with zero attached hydrogens (tertiary/aromatic N) is 1. The van der Waals surface area contributed by atoms with Crippen LogP contribution in [0.3, 0.4) is 0 Å². The molecule has 246 valence electrons. The summed E-state index contributed by atoms with van der Waals surface area (Å²) in [4.78, 5) is 2.36. The first-order valence-corrected chi connectivity index (χ1v) is 18.7. The molecule has 11 rings (SSSR count). The third-order valence-electron chi connectivity index (χ3n) is 11.2. The fourth-order valence-electron chi connectivity index (χ4n) is 8.77. The molecule has 2 heterocycles. The molecular formula is C49H33NOS. The van der Waals surface area contributed by atoms with Gasteiger partial charge in [-0.1, -0.05) is 123 Å². The lowest BCUT2D eigenvalue weighted by atomic mass is 9.82. The highest BCUT2D eigenvalue weighted by molar-refractivity contribution is 7.26. The second kappa shape index (κ2) is 10.9. The fraction of sp³-hybridized carbons (Fsp3) is 0.0612. The maximum absolute atomic E-state index is 7.06. The minimum absolute atomic E-state index is 0.0946. The van der Waals surface area contributed by atoms with E-state index in [0.29, 0.717) is 0 Å². The maximum Gasteiger partial charge on any atom is 0.143 e. The normalized spacial score (nSPS) is 13.3. The molecule has 0 bridgehead atoms. The van der Waals surface area contributed by atoms with Crippen LogP contribution < -0.4 is 4.90 Å². The lowest BCUT2D eigenvalue weighted by molar-refractivity contribution is 0.660. The molecule has 0 saturated carbocycles. The Morgan fingerprint density at radius 2 is 1.17 bits per heavy atom. The predicted octanol–water partition coefficient (Wildman–Crippen LogP) is 14.6. The van der Waals surface area contributed by atoms with Gasteiger partial charge in [-0.25, -0.2) is 0 Å². The molecule has 2 nitrogen and oxygen atoms in total. The van der Waals surface area contributed by atoms with Gasteiger partial charge in [-0.05, 0) is 81.6 Å². The molecule has 1 aliphatic rings. The van der Waals surface area contributed by atoms with Crippen LogP contribution in [0.5, 0.6) is 0 Å². The molecular weight excluding hydrogens is 651 g/mol. The number of hydrogen-bond acceptors (Lipinski definition) is 3. The monoisotopic (exact) mass is 683 g/mol. The topological polar surface area (TPSA) is 16.4 Å². The van der Waals surface area contributed by atoms with Crippen LogP contribution in [0.1, 0.15) is 25.0 Å². The Bertz CT molecular complexity index is 3060. The lowest BCUT2D eigenvalue weighted by Crippen LogP contribution is -2.16. The minimum atomic E-state index is -0.0946. The van der Waals surface area contributed by atoms with E-state index in [1.807, 2.05) is 11.3 Å². The second-order valence-electron chi connectivity index (χ2n) is 14.5. The van der Waals surface area contributed by atoms with E-state index in [4.69, 9.17) is 4.42 Å². The van der Waals surface area contributed by atoms with Crippen molar-refractivity contribution in [3.63, 3.8) is 0 Å². The van der Waals surface area contributed by atoms with Crippen LogP contribution in [-0.4, -0.2) is 0 Å². The zero-order valence-corrected chi connectivity index (χ0v) is 29.7. The summed E-state index contributed by atoms with van der Waals surface area (Å²) in [6.07, 6.45) is 0. The highest BCUT2D eigenvalue weighted by atomic mass is 32.1. The molecule has 0 atom stereocenters. The van der Waals surface area contributed by atoms with Crippen molar-refractivity contribution in [2.45, 2.75) is 19.3 Å². The van der Waals surface area contributed by atoms with Gasteiger partial charge in [-0.15, -0.1) is 11.3 Å². The summed E-state index contributed by atoms with van der Waals surface area (Å²) in [5.74, 6) is 0. The Kier molecular flexibility index (Phi) is 6.21. The van der Waals surface area contributed by atoms with Gasteiger partial charge < -0.3 is 9.32 Å². The van der Waals surface area contributed by atoms with E-state index in [1.54, 1.807) is 0 Å². The SMILES string of the molecule is CC1(C)c2ccccc2-c2ccc(N(c3ccccc3)c3ccc4c(c3)oc3c(-c5cccc6c5sc5ccccc56)c5ccccc5cc34)cc21. The largest absolute Gasteiger partial charge is 0.455 e. The van der Waals surface area contributed by atoms with Gasteiger partial charge in [0.25, 0.3) is 0 Å². The third kappa shape index (κ3) is 4.17. The van der Waals surface area contributed by atoms with Gasteiger partial charge in [0.1, 0.15) is 11.2 Å². The molecule has 0 saturated heterocycles. The van der Waals surface area contributed by atoms with Gasteiger partial charge >= 0.3 is 0 Å². The molecule has 3 heteroatoms. The molecule has 2 aromatic heterocycles. The fourth-order valence-corrected chi connectivity index (χ4v) is 9.99. The summed E-state index contributed by atoms with van der Waals surface area (Å²) in [6, 6.07) is 59.7. The van der Waals surface area contributed by atoms with Crippen LogP contribution in [0.25, 0.3) is 75.1 Å². The molecule has 0 radical (unpaired) electrons. The van der Waals surface area contributed by atoms with Crippen molar-refractivity contribution in [2.24, 2.45) is 0 Å². The van der Waals surface area contributed by atoms with E-state index in [0.717, 1.165) is 44.6 Å². The van der Waals surface area contributed by atoms with Crippen molar-refractivity contribution >= 4 is 81.3 Å². The maximum atomic E-state index is 7.06. The van der Waals surface area contributed by atoms with Gasteiger partial charge in [-0.2, -0.15) is 0 Å². The number of furan rings is 1. The Morgan fingerprint density at radius 3 is 2.08 bits per heavy atom. The van der Waals surface area contributed by atoms with Gasteiger partial charge in [0, 0.05) is 70.6 Å². The molecule has 0 fully saturated rings. The summed E-state index contributed by atoms with van der Waals surface area (Å²) in [6.45, 7) is 4.69. The highest BCUT2D eigenvalue weighted by Gasteiger charge is 2.35. The van der Waals surface area contributed by atoms with E-state index >= 15 is 0 Å². The minimum Gasteiger partial charge on any atom is -0.455 e. The smallest absolute Gasteiger partial charge is 0.143 e.